The van der Waals surface area contributed by atoms with Crippen molar-refractivity contribution < 1.29 is 37.7 Å². The van der Waals surface area contributed by atoms with Crippen molar-refractivity contribution >= 4 is 41.1 Å². The largest absolute Gasteiger partial charge is 0.368 e. The normalized spacial score (nSPS) is 25.5. The summed E-state index contributed by atoms with van der Waals surface area (Å²) in [6.07, 6.45) is 5.13. The van der Waals surface area contributed by atoms with Crippen molar-refractivity contribution in [2.75, 3.05) is 45.7 Å². The molecule has 6 atom stereocenters. The van der Waals surface area contributed by atoms with Gasteiger partial charge in [-0.1, -0.05) is 26.8 Å². The summed E-state index contributed by atoms with van der Waals surface area (Å²) in [5.41, 5.74) is 4.36. The number of allylic oxidation sites excluding steroid dienone is 2. The number of hydrazine groups is 1. The fourth-order valence-electron chi connectivity index (χ4n) is 10.7. The number of hydrogen-bond acceptors (Lipinski definition) is 9. The monoisotopic (exact) mass is 850 g/mol. The average Bonchev–Trinajstić information content (AvgIpc) is 3.72. The molecule has 1 aromatic rings. The number of fused-ring (bicyclic) bond motifs is 1. The van der Waals surface area contributed by atoms with E-state index < -0.39 is 47.9 Å². The van der Waals surface area contributed by atoms with Crippen molar-refractivity contribution in [1.29, 1.82) is 0 Å². The summed E-state index contributed by atoms with van der Waals surface area (Å²) in [5, 5.41) is 9.87. The highest BCUT2D eigenvalue weighted by molar-refractivity contribution is 6.25. The summed E-state index contributed by atoms with van der Waals surface area (Å²) >= 11 is 0. The Bertz CT molecular complexity index is 1960. The number of carbonyl (C=O) groups excluding carboxylic acids is 5. The molecule has 3 N–H and O–H groups in total. The number of amides is 5. The van der Waals surface area contributed by atoms with E-state index in [1.807, 2.05) is 75.9 Å². The number of piperidine rings is 1. The van der Waals surface area contributed by atoms with E-state index in [4.69, 9.17) is 0 Å². The van der Waals surface area contributed by atoms with Crippen molar-refractivity contribution in [3.63, 3.8) is 0 Å². The Balaban J connectivity index is 1.23. The van der Waals surface area contributed by atoms with Gasteiger partial charge in [0.1, 0.15) is 17.8 Å². The number of imide groups is 2. The third-order valence-corrected chi connectivity index (χ3v) is 14.4. The van der Waals surface area contributed by atoms with Crippen LogP contribution in [0.1, 0.15) is 120 Å². The lowest BCUT2D eigenvalue weighted by Crippen LogP contribution is -2.81. The standard InChI is InChI=1S/C46H66F2N8O5/c1-10-23-55(36-15-13-14-33-40(36)46(61)56(45(33)60)37-20-21-38(58)50-44(37)59)30-18-16-29(17-19-30)41-32-22-24-54(28(6)57)25-34(32)43(51-41)49-35(12-3)31(11-2)39(42(47)48)26(4)27(5)53(9)52(7)8/h12-15,26-27,29-31,37,39,41-42H,10-11,16-25H2,1-9H3,(H,49,51)(H,50,58,59)/p+1/b35-12-/t26?,27-,29?,30?,31?,37?,39?,41?/m1/s1. The molecule has 1 aliphatic carbocycles. The molecule has 4 heterocycles. The minimum absolute atomic E-state index is 0.00182. The maximum Gasteiger partial charge on any atom is 0.278 e. The molecule has 61 heavy (non-hydrogen) atoms. The second-order valence-corrected chi connectivity index (χ2v) is 17.9. The summed E-state index contributed by atoms with van der Waals surface area (Å²) in [7, 11) is 5.77. The van der Waals surface area contributed by atoms with Gasteiger partial charge in [0.2, 0.25) is 24.1 Å². The number of nitrogens with one attached hydrogen (secondary N) is 3. The first-order chi connectivity index (χ1) is 29.0. The molecule has 0 bridgehead atoms. The van der Waals surface area contributed by atoms with Gasteiger partial charge in [-0.3, -0.25) is 39.2 Å². The van der Waals surface area contributed by atoms with E-state index in [9.17, 15) is 24.0 Å². The van der Waals surface area contributed by atoms with E-state index in [1.165, 1.54) is 5.57 Å². The predicted octanol–water partition coefficient (Wildman–Crippen LogP) is 4.11. The highest BCUT2D eigenvalue weighted by Crippen LogP contribution is 2.41. The van der Waals surface area contributed by atoms with Crippen LogP contribution in [0, 0.1) is 23.7 Å². The molecule has 1 aromatic carbocycles. The van der Waals surface area contributed by atoms with Gasteiger partial charge in [0.15, 0.2) is 0 Å². The molecular weight excluding hydrogens is 783 g/mol. The maximum atomic E-state index is 15.2. The van der Waals surface area contributed by atoms with Crippen molar-refractivity contribution in [2.24, 2.45) is 23.7 Å². The number of amidine groups is 1. The number of benzene rings is 1. The minimum atomic E-state index is -2.52. The molecule has 2 fully saturated rings. The Kier molecular flexibility index (Phi) is 14.5. The molecule has 334 valence electrons. The first-order valence-electron chi connectivity index (χ1n) is 22.4. The Morgan fingerprint density at radius 1 is 1.02 bits per heavy atom. The molecule has 0 radical (unpaired) electrons. The molecule has 5 amide bonds. The van der Waals surface area contributed by atoms with Crippen LogP contribution in [-0.2, 0) is 14.4 Å². The number of anilines is 1. The van der Waals surface area contributed by atoms with Gasteiger partial charge in [-0.05, 0) is 94.9 Å². The molecule has 4 aliphatic heterocycles. The SMILES string of the molecule is C/C=C(\NC1=[NH+]C(C2CCC(N(CCC)c3cccc4c3C(=O)N(C3CCC(=O)NC3=O)C4=O)CC2)C2=C1CN(C(C)=O)CC2)C(CC)C(C(F)F)C(C)[C@@H](C)N(C)N(C)C. The lowest BCUT2D eigenvalue weighted by atomic mass is 9.76. The van der Waals surface area contributed by atoms with Crippen LogP contribution in [-0.4, -0.2) is 127 Å². The van der Waals surface area contributed by atoms with Gasteiger partial charge in [-0.15, -0.1) is 0 Å². The van der Waals surface area contributed by atoms with Crippen LogP contribution < -0.4 is 20.5 Å². The topological polar surface area (TPSA) is 140 Å². The highest BCUT2D eigenvalue weighted by atomic mass is 19.3. The second-order valence-electron chi connectivity index (χ2n) is 17.9. The van der Waals surface area contributed by atoms with E-state index in [-0.39, 0.29) is 54.3 Å². The van der Waals surface area contributed by atoms with E-state index >= 15 is 8.78 Å². The number of carbonyl (C=O) groups is 5. The van der Waals surface area contributed by atoms with Crippen molar-refractivity contribution in [2.45, 2.75) is 130 Å². The summed E-state index contributed by atoms with van der Waals surface area (Å²) in [4.78, 5) is 74.1. The Hall–Kier alpha value is -4.50. The summed E-state index contributed by atoms with van der Waals surface area (Å²) < 4.78 is 30.4. The average molecular weight is 850 g/mol. The van der Waals surface area contributed by atoms with Crippen LogP contribution in [0.2, 0.25) is 0 Å². The lowest BCUT2D eigenvalue weighted by molar-refractivity contribution is -0.500. The number of rotatable bonds is 15. The van der Waals surface area contributed by atoms with Gasteiger partial charge in [-0.2, -0.15) is 0 Å². The van der Waals surface area contributed by atoms with Gasteiger partial charge in [0.25, 0.3) is 17.6 Å². The number of alkyl halides is 2. The summed E-state index contributed by atoms with van der Waals surface area (Å²) in [6, 6.07) is 4.30. The Morgan fingerprint density at radius 2 is 1.72 bits per heavy atom. The van der Waals surface area contributed by atoms with E-state index in [2.05, 4.69) is 27.4 Å². The van der Waals surface area contributed by atoms with Crippen LogP contribution in [0.4, 0.5) is 14.5 Å². The van der Waals surface area contributed by atoms with Crippen molar-refractivity contribution in [3.8, 4) is 0 Å². The van der Waals surface area contributed by atoms with Gasteiger partial charge in [-0.25, -0.2) is 24.1 Å². The van der Waals surface area contributed by atoms with Crippen LogP contribution in [0.5, 0.6) is 0 Å². The molecule has 15 heteroatoms. The maximum absolute atomic E-state index is 15.2. The first kappa shape index (κ1) is 46.0. The van der Waals surface area contributed by atoms with E-state index in [1.54, 1.807) is 19.1 Å². The molecule has 5 unspecified atom stereocenters. The van der Waals surface area contributed by atoms with Crippen molar-refractivity contribution in [3.05, 3.63) is 52.2 Å². The molecule has 1 saturated heterocycles. The third-order valence-electron chi connectivity index (χ3n) is 14.4. The lowest BCUT2D eigenvalue weighted by Gasteiger charge is -2.40. The molecule has 0 aromatic heterocycles. The Labute approximate surface area is 360 Å². The van der Waals surface area contributed by atoms with Gasteiger partial charge >= 0.3 is 0 Å². The third kappa shape index (κ3) is 9.05. The van der Waals surface area contributed by atoms with Crippen LogP contribution in [0.25, 0.3) is 0 Å². The van der Waals surface area contributed by atoms with Gasteiger partial charge in [0.05, 0.1) is 28.9 Å². The molecular formula is C46H67F2N8O5+. The fraction of sp³-hybridized carbons (Fsp3) is 0.652. The smallest absolute Gasteiger partial charge is 0.278 e. The fourth-order valence-corrected chi connectivity index (χ4v) is 10.7. The predicted molar refractivity (Wildman–Crippen MR) is 230 cm³/mol. The molecule has 13 nitrogen and oxygen atoms in total. The zero-order valence-electron chi connectivity index (χ0n) is 37.5. The number of halogens is 2. The van der Waals surface area contributed by atoms with Crippen LogP contribution >= 0.6 is 0 Å². The zero-order chi connectivity index (χ0) is 44.4. The summed E-state index contributed by atoms with van der Waals surface area (Å²) in [5.74, 6) is -2.62. The molecule has 1 saturated carbocycles. The highest BCUT2D eigenvalue weighted by Gasteiger charge is 2.48. The first-order valence-corrected chi connectivity index (χ1v) is 22.4. The van der Waals surface area contributed by atoms with Gasteiger partial charge in [0, 0.05) is 77.4 Å². The molecule has 6 rings (SSSR count). The quantitative estimate of drug-likeness (QED) is 0.176. The van der Waals surface area contributed by atoms with E-state index in [0.717, 1.165) is 60.5 Å². The van der Waals surface area contributed by atoms with Gasteiger partial charge < -0.3 is 9.80 Å². The van der Waals surface area contributed by atoms with Crippen LogP contribution in [0.15, 0.2) is 41.1 Å². The zero-order valence-corrected chi connectivity index (χ0v) is 37.5. The summed E-state index contributed by atoms with van der Waals surface area (Å²) in [6.45, 7) is 13.2. The van der Waals surface area contributed by atoms with Crippen molar-refractivity contribution in [1.82, 2.24) is 30.5 Å². The number of hydrogen-bond donors (Lipinski definition) is 3. The van der Waals surface area contributed by atoms with E-state index in [0.29, 0.717) is 37.3 Å². The molecule has 5 aliphatic rings. The Morgan fingerprint density at radius 3 is 2.31 bits per heavy atom. The van der Waals surface area contributed by atoms with Crippen LogP contribution in [0.3, 0.4) is 0 Å². The molecule has 0 spiro atoms. The number of nitrogens with zero attached hydrogens (tertiary/aromatic N) is 5. The minimum Gasteiger partial charge on any atom is -0.368 e. The second kappa shape index (κ2) is 19.3.